The quantitative estimate of drug-likeness (QED) is 0.304. The molecule has 0 saturated carbocycles. The number of ether oxygens (including phenoxy) is 1. The summed E-state index contributed by atoms with van der Waals surface area (Å²) in [6.07, 6.45) is 2.76. The van der Waals surface area contributed by atoms with Gasteiger partial charge in [-0.15, -0.1) is 23.1 Å². The fourth-order valence-corrected chi connectivity index (χ4v) is 6.21. The van der Waals surface area contributed by atoms with Gasteiger partial charge in [0.15, 0.2) is 0 Å². The topological polar surface area (TPSA) is 84.5 Å². The first-order valence-electron chi connectivity index (χ1n) is 11.5. The van der Waals surface area contributed by atoms with Gasteiger partial charge in [0.1, 0.15) is 5.00 Å². The van der Waals surface area contributed by atoms with Crippen LogP contribution in [0, 0.1) is 12.8 Å². The van der Waals surface area contributed by atoms with Crippen molar-refractivity contribution < 1.29 is 19.1 Å². The zero-order valence-corrected chi connectivity index (χ0v) is 21.6. The van der Waals surface area contributed by atoms with Crippen LogP contribution in [-0.4, -0.2) is 30.6 Å². The van der Waals surface area contributed by atoms with E-state index in [4.69, 9.17) is 4.74 Å². The molecule has 2 aromatic carbocycles. The average Bonchev–Trinajstić information content (AvgIpc) is 3.19. The molecule has 3 aromatic rings. The lowest BCUT2D eigenvalue weighted by Gasteiger charge is -2.18. The molecule has 6 nitrogen and oxygen atoms in total. The fraction of sp³-hybridized carbons (Fsp3) is 0.296. The fourth-order valence-electron chi connectivity index (χ4n) is 4.04. The highest BCUT2D eigenvalue weighted by Crippen LogP contribution is 2.40. The van der Waals surface area contributed by atoms with Gasteiger partial charge in [-0.2, -0.15) is 0 Å². The first-order chi connectivity index (χ1) is 16.8. The van der Waals surface area contributed by atoms with Gasteiger partial charge in [-0.05, 0) is 68.0 Å². The molecule has 35 heavy (non-hydrogen) atoms. The molecule has 2 N–H and O–H groups in total. The Morgan fingerprint density at radius 2 is 1.89 bits per heavy atom. The third-order valence-electron chi connectivity index (χ3n) is 5.93. The normalized spacial score (nSPS) is 14.7. The predicted molar refractivity (Wildman–Crippen MR) is 142 cm³/mol. The summed E-state index contributed by atoms with van der Waals surface area (Å²) in [7, 11) is 1.36. The van der Waals surface area contributed by atoms with Crippen molar-refractivity contribution in [3.63, 3.8) is 0 Å². The van der Waals surface area contributed by atoms with Crippen molar-refractivity contribution in [1.29, 1.82) is 0 Å². The molecule has 0 aliphatic heterocycles. The molecule has 2 amide bonds. The zero-order chi connectivity index (χ0) is 24.9. The number of aryl methyl sites for hydroxylation is 1. The number of anilines is 2. The molecule has 0 spiro atoms. The lowest BCUT2D eigenvalue weighted by Crippen LogP contribution is -2.17. The van der Waals surface area contributed by atoms with E-state index in [0.29, 0.717) is 27.7 Å². The number of thioether (sulfide) groups is 1. The maximum absolute atomic E-state index is 12.8. The van der Waals surface area contributed by atoms with E-state index in [-0.39, 0.29) is 17.6 Å². The molecule has 8 heteroatoms. The van der Waals surface area contributed by atoms with Crippen LogP contribution in [0.5, 0.6) is 0 Å². The van der Waals surface area contributed by atoms with Crippen molar-refractivity contribution in [3.8, 4) is 0 Å². The summed E-state index contributed by atoms with van der Waals surface area (Å²) in [4.78, 5) is 39.7. The number of hydrogen-bond acceptors (Lipinski definition) is 6. The second-order valence-electron chi connectivity index (χ2n) is 8.73. The van der Waals surface area contributed by atoms with Crippen LogP contribution in [0.15, 0.2) is 53.4 Å². The SMILES string of the molecule is COC(=O)c1c(NC(=O)CSc2cccc(NC(=O)c3ccc(C)cc3)c2)sc2c1CCC(C)C2. The highest BCUT2D eigenvalue weighted by atomic mass is 32.2. The number of carbonyl (C=O) groups excluding carboxylic acids is 3. The van der Waals surface area contributed by atoms with Gasteiger partial charge in [0.2, 0.25) is 5.91 Å². The van der Waals surface area contributed by atoms with E-state index in [1.165, 1.54) is 30.2 Å². The summed E-state index contributed by atoms with van der Waals surface area (Å²) in [6.45, 7) is 4.18. The predicted octanol–water partition coefficient (Wildman–Crippen LogP) is 5.95. The van der Waals surface area contributed by atoms with E-state index in [0.717, 1.165) is 40.2 Å². The molecule has 0 radical (unpaired) electrons. The van der Waals surface area contributed by atoms with Gasteiger partial charge < -0.3 is 15.4 Å². The van der Waals surface area contributed by atoms with Gasteiger partial charge in [-0.1, -0.05) is 30.7 Å². The number of amides is 2. The molecule has 0 saturated heterocycles. The lowest BCUT2D eigenvalue weighted by atomic mass is 9.88. The molecule has 0 bridgehead atoms. The number of methoxy groups -OCH3 is 1. The highest BCUT2D eigenvalue weighted by molar-refractivity contribution is 8.00. The highest BCUT2D eigenvalue weighted by Gasteiger charge is 2.28. The van der Waals surface area contributed by atoms with Crippen molar-refractivity contribution >= 4 is 51.6 Å². The van der Waals surface area contributed by atoms with Crippen LogP contribution >= 0.6 is 23.1 Å². The van der Waals surface area contributed by atoms with Crippen molar-refractivity contribution in [2.75, 3.05) is 23.5 Å². The van der Waals surface area contributed by atoms with Gasteiger partial charge in [0, 0.05) is 21.0 Å². The van der Waals surface area contributed by atoms with Crippen LogP contribution in [0.2, 0.25) is 0 Å². The Morgan fingerprint density at radius 1 is 1.11 bits per heavy atom. The van der Waals surface area contributed by atoms with Crippen LogP contribution in [0.1, 0.15) is 50.1 Å². The van der Waals surface area contributed by atoms with Crippen LogP contribution in [0.4, 0.5) is 10.7 Å². The third kappa shape index (κ3) is 6.13. The first-order valence-corrected chi connectivity index (χ1v) is 13.3. The Morgan fingerprint density at radius 3 is 2.63 bits per heavy atom. The number of rotatable bonds is 7. The Hall–Kier alpha value is -3.10. The standard InChI is InChI=1S/C27H28N2O4S2/c1-16-7-10-18(11-8-16)25(31)28-19-5-4-6-20(14-19)34-15-23(30)29-26-24(27(32)33-3)21-12-9-17(2)13-22(21)35-26/h4-8,10-11,14,17H,9,12-13,15H2,1-3H3,(H,28,31)(H,29,30). The summed E-state index contributed by atoms with van der Waals surface area (Å²) in [5.41, 5.74) is 3.85. The Labute approximate surface area is 213 Å². The Balaban J connectivity index is 1.39. The molecular formula is C27H28N2O4S2. The smallest absolute Gasteiger partial charge is 0.341 e. The summed E-state index contributed by atoms with van der Waals surface area (Å²) in [5.74, 6) is -0.0479. The number of nitrogens with one attached hydrogen (secondary N) is 2. The monoisotopic (exact) mass is 508 g/mol. The first kappa shape index (κ1) is 25.0. The molecular weight excluding hydrogens is 480 g/mol. The molecule has 1 aliphatic rings. The largest absolute Gasteiger partial charge is 0.465 e. The van der Waals surface area contributed by atoms with E-state index < -0.39 is 5.97 Å². The summed E-state index contributed by atoms with van der Waals surface area (Å²) < 4.78 is 5.00. The maximum Gasteiger partial charge on any atom is 0.341 e. The van der Waals surface area contributed by atoms with Crippen LogP contribution in [-0.2, 0) is 22.4 Å². The van der Waals surface area contributed by atoms with Crippen LogP contribution in [0.3, 0.4) is 0 Å². The molecule has 1 aliphatic carbocycles. The number of benzene rings is 2. The number of hydrogen-bond donors (Lipinski definition) is 2. The molecule has 182 valence electrons. The molecule has 4 rings (SSSR count). The van der Waals surface area contributed by atoms with Crippen LogP contribution in [0.25, 0.3) is 0 Å². The second-order valence-corrected chi connectivity index (χ2v) is 10.9. The molecule has 1 atom stereocenters. The van der Waals surface area contributed by atoms with Crippen molar-refractivity contribution in [1.82, 2.24) is 0 Å². The molecule has 1 heterocycles. The van der Waals surface area contributed by atoms with Gasteiger partial charge in [0.05, 0.1) is 18.4 Å². The minimum Gasteiger partial charge on any atom is -0.465 e. The molecule has 1 aromatic heterocycles. The number of esters is 1. The van der Waals surface area contributed by atoms with Gasteiger partial charge in [-0.3, -0.25) is 9.59 Å². The van der Waals surface area contributed by atoms with E-state index in [2.05, 4.69) is 17.6 Å². The van der Waals surface area contributed by atoms with Crippen molar-refractivity contribution in [2.45, 2.75) is 38.0 Å². The number of thiophene rings is 1. The van der Waals surface area contributed by atoms with Gasteiger partial charge in [0.25, 0.3) is 5.91 Å². The summed E-state index contributed by atoms with van der Waals surface area (Å²) >= 11 is 2.85. The second kappa shape index (κ2) is 11.1. The van der Waals surface area contributed by atoms with E-state index >= 15 is 0 Å². The lowest BCUT2D eigenvalue weighted by molar-refractivity contribution is -0.113. The Kier molecular flexibility index (Phi) is 7.93. The summed E-state index contributed by atoms with van der Waals surface area (Å²) in [6, 6.07) is 14.8. The van der Waals surface area contributed by atoms with Gasteiger partial charge in [-0.25, -0.2) is 4.79 Å². The number of fused-ring (bicyclic) bond motifs is 1. The van der Waals surface area contributed by atoms with Crippen LogP contribution < -0.4 is 10.6 Å². The average molecular weight is 509 g/mol. The van der Waals surface area contributed by atoms with Crippen molar-refractivity contribution in [3.05, 3.63) is 75.7 Å². The van der Waals surface area contributed by atoms with Crippen molar-refractivity contribution in [2.24, 2.45) is 5.92 Å². The molecule has 0 fully saturated rings. The zero-order valence-electron chi connectivity index (χ0n) is 20.0. The van der Waals surface area contributed by atoms with E-state index in [9.17, 15) is 14.4 Å². The Bertz CT molecular complexity index is 1250. The molecule has 1 unspecified atom stereocenters. The summed E-state index contributed by atoms with van der Waals surface area (Å²) in [5, 5.41) is 6.40. The maximum atomic E-state index is 12.8. The van der Waals surface area contributed by atoms with E-state index in [1.807, 2.05) is 43.3 Å². The minimum atomic E-state index is -0.406. The van der Waals surface area contributed by atoms with E-state index in [1.54, 1.807) is 12.1 Å². The van der Waals surface area contributed by atoms with Gasteiger partial charge >= 0.3 is 5.97 Å². The number of carbonyl (C=O) groups is 3. The third-order valence-corrected chi connectivity index (χ3v) is 8.09. The minimum absolute atomic E-state index is 0.176.